The van der Waals surface area contributed by atoms with Crippen molar-refractivity contribution in [3.05, 3.63) is 65.2 Å². The number of nitrogens with zero attached hydrogens (tertiary/aromatic N) is 1. The minimum atomic E-state index is -3.52. The van der Waals surface area contributed by atoms with Crippen LogP contribution in [0.1, 0.15) is 12.0 Å². The highest BCUT2D eigenvalue weighted by molar-refractivity contribution is 7.91. The summed E-state index contributed by atoms with van der Waals surface area (Å²) in [4.78, 5) is 14.6. The molecule has 0 bridgehead atoms. The van der Waals surface area contributed by atoms with Crippen LogP contribution in [0.25, 0.3) is 0 Å². The van der Waals surface area contributed by atoms with Crippen molar-refractivity contribution in [1.82, 2.24) is 10.2 Å². The van der Waals surface area contributed by atoms with Gasteiger partial charge in [0.1, 0.15) is 0 Å². The van der Waals surface area contributed by atoms with Crippen molar-refractivity contribution >= 4 is 27.3 Å². The highest BCUT2D eigenvalue weighted by Gasteiger charge is 2.22. The Bertz CT molecular complexity index is 904. The van der Waals surface area contributed by atoms with Crippen molar-refractivity contribution in [1.29, 1.82) is 0 Å². The Hall–Kier alpha value is -1.93. The molecule has 156 valence electrons. The number of morpholine rings is 1. The zero-order chi connectivity index (χ0) is 20.7. The molecule has 29 heavy (non-hydrogen) atoms. The second kappa shape index (κ2) is 10.2. The molecule has 1 aliphatic heterocycles. The Balaban J connectivity index is 1.42. The van der Waals surface area contributed by atoms with E-state index >= 15 is 0 Å². The van der Waals surface area contributed by atoms with Gasteiger partial charge in [-0.3, -0.25) is 9.69 Å². The number of amides is 1. The van der Waals surface area contributed by atoms with Crippen LogP contribution in [0.2, 0.25) is 5.02 Å². The standard InChI is InChI=1S/C21H25ClN2O4S/c22-18-6-8-20(9-7-18)29(26,27)13-10-21(25)23-14-19-16-24(11-12-28-19)15-17-4-2-1-3-5-17/h1-9,19H,10-16H2,(H,23,25). The van der Waals surface area contributed by atoms with E-state index in [1.54, 1.807) is 0 Å². The molecule has 0 spiro atoms. The third kappa shape index (κ3) is 6.82. The van der Waals surface area contributed by atoms with Crippen LogP contribution in [0.5, 0.6) is 0 Å². The van der Waals surface area contributed by atoms with E-state index < -0.39 is 9.84 Å². The maximum Gasteiger partial charge on any atom is 0.221 e. The van der Waals surface area contributed by atoms with Gasteiger partial charge in [-0.15, -0.1) is 0 Å². The van der Waals surface area contributed by atoms with Crippen molar-refractivity contribution in [2.45, 2.75) is 24.0 Å². The molecule has 0 radical (unpaired) electrons. The van der Waals surface area contributed by atoms with Crippen LogP contribution < -0.4 is 5.32 Å². The summed E-state index contributed by atoms with van der Waals surface area (Å²) < 4.78 is 30.4. The Labute approximate surface area is 176 Å². The number of hydrogen-bond donors (Lipinski definition) is 1. The topological polar surface area (TPSA) is 75.7 Å². The van der Waals surface area contributed by atoms with Gasteiger partial charge in [0.05, 0.1) is 23.4 Å². The van der Waals surface area contributed by atoms with Gasteiger partial charge >= 0.3 is 0 Å². The summed E-state index contributed by atoms with van der Waals surface area (Å²) in [6, 6.07) is 16.2. The summed E-state index contributed by atoms with van der Waals surface area (Å²) >= 11 is 5.79. The molecule has 1 saturated heterocycles. The van der Waals surface area contributed by atoms with Gasteiger partial charge in [0.2, 0.25) is 5.91 Å². The SMILES string of the molecule is O=C(CCS(=O)(=O)c1ccc(Cl)cc1)NCC1CN(Cc2ccccc2)CCO1. The summed E-state index contributed by atoms with van der Waals surface area (Å²) in [5.41, 5.74) is 1.24. The number of ether oxygens (including phenoxy) is 1. The lowest BCUT2D eigenvalue weighted by atomic mass is 10.2. The van der Waals surface area contributed by atoms with E-state index in [2.05, 4.69) is 22.3 Å². The molecule has 2 aromatic rings. The summed E-state index contributed by atoms with van der Waals surface area (Å²) in [6.45, 7) is 3.38. The third-order valence-electron chi connectivity index (χ3n) is 4.77. The number of carbonyl (C=O) groups is 1. The lowest BCUT2D eigenvalue weighted by Gasteiger charge is -2.33. The van der Waals surface area contributed by atoms with Crippen molar-refractivity contribution in [3.8, 4) is 0 Å². The highest BCUT2D eigenvalue weighted by atomic mass is 35.5. The molecule has 1 aliphatic rings. The van der Waals surface area contributed by atoms with E-state index in [0.29, 0.717) is 18.2 Å². The van der Waals surface area contributed by atoms with Crippen molar-refractivity contribution in [2.24, 2.45) is 0 Å². The average molecular weight is 437 g/mol. The predicted octanol–water partition coefficient (Wildman–Crippen LogP) is 2.52. The number of sulfone groups is 1. The van der Waals surface area contributed by atoms with E-state index in [-0.39, 0.29) is 29.1 Å². The summed E-state index contributed by atoms with van der Waals surface area (Å²) in [6.07, 6.45) is -0.199. The fourth-order valence-corrected chi connectivity index (χ4v) is 4.56. The van der Waals surface area contributed by atoms with Crippen LogP contribution in [0.15, 0.2) is 59.5 Å². The molecule has 0 aromatic heterocycles. The summed E-state index contributed by atoms with van der Waals surface area (Å²) in [5, 5.41) is 3.26. The lowest BCUT2D eigenvalue weighted by molar-refractivity contribution is -0.122. The first-order valence-corrected chi connectivity index (χ1v) is 11.6. The van der Waals surface area contributed by atoms with Gasteiger partial charge in [-0.25, -0.2) is 8.42 Å². The number of nitrogens with one attached hydrogen (secondary N) is 1. The molecule has 6 nitrogen and oxygen atoms in total. The van der Waals surface area contributed by atoms with Gasteiger partial charge in [0.25, 0.3) is 0 Å². The van der Waals surface area contributed by atoms with Crippen LogP contribution >= 0.6 is 11.6 Å². The van der Waals surface area contributed by atoms with Crippen LogP contribution in [0.3, 0.4) is 0 Å². The van der Waals surface area contributed by atoms with Gasteiger partial charge in [0, 0.05) is 37.6 Å². The van der Waals surface area contributed by atoms with Crippen LogP contribution in [0.4, 0.5) is 0 Å². The molecule has 1 heterocycles. The fraction of sp³-hybridized carbons (Fsp3) is 0.381. The smallest absolute Gasteiger partial charge is 0.221 e. The molecule has 0 aliphatic carbocycles. The molecule has 1 N–H and O–H groups in total. The van der Waals surface area contributed by atoms with E-state index in [1.807, 2.05) is 18.2 Å². The minimum absolute atomic E-state index is 0.0919. The maximum atomic E-state index is 12.3. The zero-order valence-electron chi connectivity index (χ0n) is 16.1. The van der Waals surface area contributed by atoms with E-state index in [4.69, 9.17) is 16.3 Å². The molecular weight excluding hydrogens is 412 g/mol. The lowest BCUT2D eigenvalue weighted by Crippen LogP contribution is -2.47. The number of carbonyl (C=O) groups excluding carboxylic acids is 1. The maximum absolute atomic E-state index is 12.3. The number of halogens is 1. The minimum Gasteiger partial charge on any atom is -0.374 e. The molecule has 8 heteroatoms. The summed E-state index contributed by atoms with van der Waals surface area (Å²) in [5.74, 6) is -0.544. The Kier molecular flexibility index (Phi) is 7.66. The van der Waals surface area contributed by atoms with Crippen molar-refractivity contribution in [2.75, 3.05) is 32.0 Å². The van der Waals surface area contributed by atoms with Gasteiger partial charge in [-0.2, -0.15) is 0 Å². The molecule has 1 fully saturated rings. The zero-order valence-corrected chi connectivity index (χ0v) is 17.7. The number of rotatable bonds is 8. The third-order valence-corrected chi connectivity index (χ3v) is 6.75. The molecule has 2 aromatic carbocycles. The van der Waals surface area contributed by atoms with Gasteiger partial charge in [0.15, 0.2) is 9.84 Å². The predicted molar refractivity (Wildman–Crippen MR) is 113 cm³/mol. The van der Waals surface area contributed by atoms with Crippen molar-refractivity contribution < 1.29 is 17.9 Å². The van der Waals surface area contributed by atoms with Crippen molar-refractivity contribution in [3.63, 3.8) is 0 Å². The molecule has 3 rings (SSSR count). The van der Waals surface area contributed by atoms with Crippen LogP contribution in [-0.4, -0.2) is 57.3 Å². The molecular formula is C21H25ClN2O4S. The Morgan fingerprint density at radius 3 is 2.59 bits per heavy atom. The van der Waals surface area contributed by atoms with E-state index in [9.17, 15) is 13.2 Å². The second-order valence-corrected chi connectivity index (χ2v) is 9.59. The van der Waals surface area contributed by atoms with Crippen LogP contribution in [-0.2, 0) is 25.9 Å². The average Bonchev–Trinajstić information content (AvgIpc) is 2.72. The normalized spacial score (nSPS) is 17.8. The first kappa shape index (κ1) is 21.8. The molecule has 1 atom stereocenters. The fourth-order valence-electron chi connectivity index (χ4n) is 3.19. The molecule has 0 saturated carbocycles. The first-order chi connectivity index (χ1) is 13.9. The largest absolute Gasteiger partial charge is 0.374 e. The number of hydrogen-bond acceptors (Lipinski definition) is 5. The molecule has 1 unspecified atom stereocenters. The Morgan fingerprint density at radius 1 is 1.14 bits per heavy atom. The second-order valence-electron chi connectivity index (χ2n) is 7.04. The van der Waals surface area contributed by atoms with Gasteiger partial charge in [-0.1, -0.05) is 41.9 Å². The molecule has 1 amide bonds. The van der Waals surface area contributed by atoms with Crippen LogP contribution in [0, 0.1) is 0 Å². The van der Waals surface area contributed by atoms with E-state index in [1.165, 1.54) is 29.8 Å². The highest BCUT2D eigenvalue weighted by Crippen LogP contribution is 2.16. The first-order valence-electron chi connectivity index (χ1n) is 9.55. The van der Waals surface area contributed by atoms with Gasteiger partial charge in [-0.05, 0) is 29.8 Å². The van der Waals surface area contributed by atoms with E-state index in [0.717, 1.165) is 19.6 Å². The quantitative estimate of drug-likeness (QED) is 0.688. The Morgan fingerprint density at radius 2 is 1.86 bits per heavy atom. The monoisotopic (exact) mass is 436 g/mol. The summed E-state index contributed by atoms with van der Waals surface area (Å²) in [7, 11) is -3.52. The number of benzene rings is 2. The van der Waals surface area contributed by atoms with Gasteiger partial charge < -0.3 is 10.1 Å².